The number of carbonyl (C=O) groups excluding carboxylic acids is 2. The van der Waals surface area contributed by atoms with Gasteiger partial charge >= 0.3 is 5.69 Å². The number of hydrogen-bond donors (Lipinski definition) is 1. The van der Waals surface area contributed by atoms with Crippen molar-refractivity contribution in [2.24, 2.45) is 0 Å². The van der Waals surface area contributed by atoms with Crippen LogP contribution in [0.1, 0.15) is 29.3 Å². The summed E-state index contributed by atoms with van der Waals surface area (Å²) in [6.45, 7) is 3.30. The van der Waals surface area contributed by atoms with Gasteiger partial charge in [0, 0.05) is 19.6 Å². The Bertz CT molecular complexity index is 1310. The maximum Gasteiger partial charge on any atom is 0.329 e. The molecule has 8 nitrogen and oxygen atoms in total. The first kappa shape index (κ1) is 21.5. The second-order valence-corrected chi connectivity index (χ2v) is 7.78. The zero-order valence-corrected chi connectivity index (χ0v) is 17.6. The van der Waals surface area contributed by atoms with Gasteiger partial charge in [0.1, 0.15) is 12.4 Å². The smallest absolute Gasteiger partial charge is 0.329 e. The zero-order valence-electron chi connectivity index (χ0n) is 17.6. The standard InChI is InChI=1S/C23H23FN4O4/c1-2-9-26-10-11-27(14-20(26)29)22(31)17-12-15(7-8-18(17)24)13-28-19-6-4-3-5-16(19)21(30)25-23(28)32/h3-8,12H,2,9-11,13-14H2,1H3,(H,25,30,32). The minimum absolute atomic E-state index is 0.0416. The zero-order chi connectivity index (χ0) is 22.8. The summed E-state index contributed by atoms with van der Waals surface area (Å²) in [4.78, 5) is 55.1. The second kappa shape index (κ2) is 8.78. The number of rotatable bonds is 5. The van der Waals surface area contributed by atoms with Crippen LogP contribution in [-0.2, 0) is 11.3 Å². The topological polar surface area (TPSA) is 95.5 Å². The number of para-hydroxylation sites is 1. The van der Waals surface area contributed by atoms with Gasteiger partial charge in [0.25, 0.3) is 11.5 Å². The number of piperazine rings is 1. The Morgan fingerprint density at radius 3 is 2.62 bits per heavy atom. The van der Waals surface area contributed by atoms with Gasteiger partial charge in [0.2, 0.25) is 5.91 Å². The molecule has 166 valence electrons. The van der Waals surface area contributed by atoms with Crippen molar-refractivity contribution >= 4 is 22.7 Å². The molecular formula is C23H23FN4O4. The molecule has 0 bridgehead atoms. The van der Waals surface area contributed by atoms with Gasteiger partial charge in [-0.1, -0.05) is 25.1 Å². The lowest BCUT2D eigenvalue weighted by Crippen LogP contribution is -2.52. The van der Waals surface area contributed by atoms with Gasteiger partial charge in [0.15, 0.2) is 0 Å². The van der Waals surface area contributed by atoms with Crippen LogP contribution in [0, 0.1) is 5.82 Å². The molecule has 2 amide bonds. The first-order valence-electron chi connectivity index (χ1n) is 10.5. The molecule has 1 N–H and O–H groups in total. The summed E-state index contributed by atoms with van der Waals surface area (Å²) >= 11 is 0. The molecular weight excluding hydrogens is 415 g/mol. The van der Waals surface area contributed by atoms with Crippen LogP contribution in [-0.4, -0.2) is 57.3 Å². The maximum atomic E-state index is 14.5. The van der Waals surface area contributed by atoms with Crippen LogP contribution in [0.3, 0.4) is 0 Å². The first-order valence-corrected chi connectivity index (χ1v) is 10.5. The van der Waals surface area contributed by atoms with Gasteiger partial charge in [-0.3, -0.25) is 23.9 Å². The van der Waals surface area contributed by atoms with E-state index in [1.165, 1.54) is 27.7 Å². The molecule has 1 aliphatic rings. The number of aromatic amines is 1. The highest BCUT2D eigenvalue weighted by atomic mass is 19.1. The van der Waals surface area contributed by atoms with E-state index in [0.29, 0.717) is 36.1 Å². The summed E-state index contributed by atoms with van der Waals surface area (Å²) in [7, 11) is 0. The maximum absolute atomic E-state index is 14.5. The van der Waals surface area contributed by atoms with Crippen molar-refractivity contribution in [1.82, 2.24) is 19.4 Å². The molecule has 2 aromatic carbocycles. The quantitative estimate of drug-likeness (QED) is 0.654. The van der Waals surface area contributed by atoms with Gasteiger partial charge < -0.3 is 9.80 Å². The van der Waals surface area contributed by atoms with E-state index in [9.17, 15) is 23.6 Å². The predicted octanol–water partition coefficient (Wildman–Crippen LogP) is 1.57. The summed E-state index contributed by atoms with van der Waals surface area (Å²) in [6.07, 6.45) is 0.829. The number of halogens is 1. The number of nitrogens with one attached hydrogen (secondary N) is 1. The molecule has 3 aromatic rings. The monoisotopic (exact) mass is 438 g/mol. The van der Waals surface area contributed by atoms with Crippen molar-refractivity contribution in [3.05, 3.63) is 80.2 Å². The van der Waals surface area contributed by atoms with Crippen molar-refractivity contribution in [2.45, 2.75) is 19.9 Å². The third kappa shape index (κ3) is 4.05. The summed E-state index contributed by atoms with van der Waals surface area (Å²) < 4.78 is 15.9. The van der Waals surface area contributed by atoms with E-state index in [0.717, 1.165) is 6.42 Å². The fraction of sp³-hybridized carbons (Fsp3) is 0.304. The number of benzene rings is 2. The minimum Gasteiger partial charge on any atom is -0.339 e. The molecule has 0 atom stereocenters. The Morgan fingerprint density at radius 2 is 1.88 bits per heavy atom. The summed E-state index contributed by atoms with van der Waals surface area (Å²) in [5, 5.41) is 0.356. The fourth-order valence-electron chi connectivity index (χ4n) is 3.98. The normalized spacial score (nSPS) is 14.2. The van der Waals surface area contributed by atoms with Crippen molar-refractivity contribution in [1.29, 1.82) is 0 Å². The van der Waals surface area contributed by atoms with Gasteiger partial charge in [-0.25, -0.2) is 9.18 Å². The van der Waals surface area contributed by atoms with Crippen LogP contribution >= 0.6 is 0 Å². The Morgan fingerprint density at radius 1 is 1.09 bits per heavy atom. The Hall–Kier alpha value is -3.75. The van der Waals surface area contributed by atoms with E-state index in [-0.39, 0.29) is 24.6 Å². The highest BCUT2D eigenvalue weighted by Crippen LogP contribution is 2.17. The molecule has 1 aliphatic heterocycles. The number of carbonyl (C=O) groups is 2. The molecule has 2 heterocycles. The predicted molar refractivity (Wildman–Crippen MR) is 117 cm³/mol. The number of fused-ring (bicyclic) bond motifs is 1. The van der Waals surface area contributed by atoms with Crippen molar-refractivity contribution in [3.8, 4) is 0 Å². The molecule has 1 fully saturated rings. The van der Waals surface area contributed by atoms with Crippen molar-refractivity contribution in [2.75, 3.05) is 26.2 Å². The molecule has 1 saturated heterocycles. The van der Waals surface area contributed by atoms with Crippen LogP contribution in [0.5, 0.6) is 0 Å². The van der Waals surface area contributed by atoms with E-state index in [2.05, 4.69) is 4.98 Å². The Labute approximate surface area is 182 Å². The number of aromatic nitrogens is 2. The minimum atomic E-state index is -0.694. The van der Waals surface area contributed by atoms with Crippen LogP contribution in [0.25, 0.3) is 10.9 Å². The molecule has 9 heteroatoms. The van der Waals surface area contributed by atoms with Crippen molar-refractivity contribution in [3.63, 3.8) is 0 Å². The molecule has 0 aliphatic carbocycles. The molecule has 4 rings (SSSR count). The highest BCUT2D eigenvalue weighted by Gasteiger charge is 2.28. The van der Waals surface area contributed by atoms with Gasteiger partial charge in [-0.2, -0.15) is 0 Å². The van der Waals surface area contributed by atoms with Gasteiger partial charge in [0.05, 0.1) is 23.0 Å². The Balaban J connectivity index is 1.63. The van der Waals surface area contributed by atoms with Crippen LogP contribution in [0.4, 0.5) is 4.39 Å². The van der Waals surface area contributed by atoms with E-state index in [1.54, 1.807) is 29.2 Å². The second-order valence-electron chi connectivity index (χ2n) is 7.78. The first-order chi connectivity index (χ1) is 15.4. The third-order valence-electron chi connectivity index (χ3n) is 5.61. The molecule has 0 saturated carbocycles. The summed E-state index contributed by atoms with van der Waals surface area (Å²) in [6, 6.07) is 10.7. The van der Waals surface area contributed by atoms with Crippen LogP contribution < -0.4 is 11.2 Å². The summed E-state index contributed by atoms with van der Waals surface area (Å²) in [5.74, 6) is -1.41. The van der Waals surface area contributed by atoms with E-state index >= 15 is 0 Å². The fourth-order valence-corrected chi connectivity index (χ4v) is 3.98. The molecule has 1 aromatic heterocycles. The molecule has 0 unspecified atom stereocenters. The number of amides is 2. The van der Waals surface area contributed by atoms with Crippen LogP contribution in [0.15, 0.2) is 52.1 Å². The highest BCUT2D eigenvalue weighted by molar-refractivity contribution is 5.97. The van der Waals surface area contributed by atoms with Gasteiger partial charge in [-0.15, -0.1) is 0 Å². The Kier molecular flexibility index (Phi) is 5.89. The van der Waals surface area contributed by atoms with Crippen LogP contribution in [0.2, 0.25) is 0 Å². The lowest BCUT2D eigenvalue weighted by atomic mass is 10.1. The van der Waals surface area contributed by atoms with Gasteiger partial charge in [-0.05, 0) is 36.2 Å². The number of nitrogens with zero attached hydrogens (tertiary/aromatic N) is 3. The lowest BCUT2D eigenvalue weighted by Gasteiger charge is -2.34. The average molecular weight is 438 g/mol. The summed E-state index contributed by atoms with van der Waals surface area (Å²) in [5.41, 5.74) is -0.269. The third-order valence-corrected chi connectivity index (χ3v) is 5.61. The molecule has 0 radical (unpaired) electrons. The van der Waals surface area contributed by atoms with E-state index in [4.69, 9.17) is 0 Å². The largest absolute Gasteiger partial charge is 0.339 e. The van der Waals surface area contributed by atoms with E-state index < -0.39 is 23.0 Å². The number of hydrogen-bond acceptors (Lipinski definition) is 4. The molecule has 0 spiro atoms. The lowest BCUT2D eigenvalue weighted by molar-refractivity contribution is -0.135. The SMILES string of the molecule is CCCN1CCN(C(=O)c2cc(Cn3c(=O)[nH]c(=O)c4ccccc43)ccc2F)CC1=O. The number of H-pyrrole nitrogens is 1. The van der Waals surface area contributed by atoms with E-state index in [1.807, 2.05) is 6.92 Å². The average Bonchev–Trinajstić information content (AvgIpc) is 2.78. The molecule has 32 heavy (non-hydrogen) atoms. The van der Waals surface area contributed by atoms with Crippen molar-refractivity contribution < 1.29 is 14.0 Å².